The molecule has 0 amide bonds. The molecule has 1 aliphatic heterocycles. The Labute approximate surface area is 162 Å². The minimum absolute atomic E-state index is 0. The lowest BCUT2D eigenvalue weighted by Gasteiger charge is -2.19. The van der Waals surface area contributed by atoms with Crippen molar-refractivity contribution in [1.82, 2.24) is 15.5 Å². The number of guanidine groups is 1. The van der Waals surface area contributed by atoms with Gasteiger partial charge in [0.05, 0.1) is 6.04 Å². The highest BCUT2D eigenvalue weighted by atomic mass is 127. The number of halogens is 2. The molecule has 136 valence electrons. The van der Waals surface area contributed by atoms with Gasteiger partial charge in [0.1, 0.15) is 5.82 Å². The van der Waals surface area contributed by atoms with Gasteiger partial charge in [0, 0.05) is 19.6 Å². The van der Waals surface area contributed by atoms with Gasteiger partial charge in [0.15, 0.2) is 5.96 Å². The van der Waals surface area contributed by atoms with E-state index in [-0.39, 0.29) is 35.8 Å². The number of nitrogens with zero attached hydrogens (tertiary/aromatic N) is 2. The molecule has 0 bridgehead atoms. The molecule has 0 aliphatic carbocycles. The van der Waals surface area contributed by atoms with Crippen molar-refractivity contribution in [2.24, 2.45) is 10.9 Å². The van der Waals surface area contributed by atoms with Gasteiger partial charge in [-0.05, 0) is 63.9 Å². The monoisotopic (exact) mass is 448 g/mol. The fraction of sp³-hybridized carbons (Fsp3) is 0.611. The Kier molecular flexibility index (Phi) is 8.97. The van der Waals surface area contributed by atoms with E-state index in [0.29, 0.717) is 11.5 Å². The maximum atomic E-state index is 13.7. The molecule has 0 radical (unpaired) electrons. The SMILES string of the molecule is CCNC(=NCC1CCN(C)C1)NC(C)c1ccc(C)c(F)c1.I. The van der Waals surface area contributed by atoms with Crippen LogP contribution in [0.4, 0.5) is 4.39 Å². The van der Waals surface area contributed by atoms with E-state index in [9.17, 15) is 4.39 Å². The molecule has 1 heterocycles. The predicted octanol–water partition coefficient (Wildman–Crippen LogP) is 3.32. The molecule has 1 aromatic carbocycles. The Balaban J connectivity index is 0.00000288. The lowest BCUT2D eigenvalue weighted by molar-refractivity contribution is 0.397. The van der Waals surface area contributed by atoms with Crippen LogP contribution >= 0.6 is 24.0 Å². The first-order chi connectivity index (χ1) is 11.0. The highest BCUT2D eigenvalue weighted by Gasteiger charge is 2.19. The Morgan fingerprint density at radius 1 is 1.46 bits per heavy atom. The van der Waals surface area contributed by atoms with Crippen LogP contribution < -0.4 is 10.6 Å². The Bertz CT molecular complexity index is 550. The second-order valence-electron chi connectivity index (χ2n) is 6.51. The summed E-state index contributed by atoms with van der Waals surface area (Å²) in [7, 11) is 2.15. The van der Waals surface area contributed by atoms with Crippen molar-refractivity contribution in [3.8, 4) is 0 Å². The van der Waals surface area contributed by atoms with E-state index in [0.717, 1.165) is 37.7 Å². The van der Waals surface area contributed by atoms with E-state index < -0.39 is 0 Å². The van der Waals surface area contributed by atoms with Crippen LogP contribution in [0.1, 0.15) is 37.4 Å². The van der Waals surface area contributed by atoms with E-state index in [1.54, 1.807) is 13.0 Å². The van der Waals surface area contributed by atoms with Gasteiger partial charge in [-0.1, -0.05) is 12.1 Å². The first-order valence-electron chi connectivity index (χ1n) is 8.49. The van der Waals surface area contributed by atoms with Crippen LogP contribution in [0.2, 0.25) is 0 Å². The predicted molar refractivity (Wildman–Crippen MR) is 110 cm³/mol. The summed E-state index contributed by atoms with van der Waals surface area (Å²) in [5.74, 6) is 1.27. The van der Waals surface area contributed by atoms with Gasteiger partial charge in [-0.15, -0.1) is 24.0 Å². The number of hydrogen-bond donors (Lipinski definition) is 2. The molecule has 6 heteroatoms. The molecule has 1 aromatic rings. The molecule has 2 N–H and O–H groups in total. The van der Waals surface area contributed by atoms with E-state index in [1.807, 2.05) is 19.1 Å². The average Bonchev–Trinajstić information content (AvgIpc) is 2.93. The van der Waals surface area contributed by atoms with Gasteiger partial charge in [-0.3, -0.25) is 4.99 Å². The van der Waals surface area contributed by atoms with Crippen LogP contribution in [0.3, 0.4) is 0 Å². The molecule has 0 spiro atoms. The Hall–Kier alpha value is -0.890. The number of nitrogens with one attached hydrogen (secondary N) is 2. The van der Waals surface area contributed by atoms with Crippen molar-refractivity contribution in [2.75, 3.05) is 33.2 Å². The summed E-state index contributed by atoms with van der Waals surface area (Å²) in [4.78, 5) is 7.05. The van der Waals surface area contributed by atoms with Crippen molar-refractivity contribution >= 4 is 29.9 Å². The van der Waals surface area contributed by atoms with E-state index in [4.69, 9.17) is 4.99 Å². The van der Waals surface area contributed by atoms with Crippen LogP contribution in [-0.4, -0.2) is 44.1 Å². The molecule has 0 saturated carbocycles. The standard InChI is InChI=1S/C18H29FN4.HI/c1-5-20-18(21-11-15-8-9-23(4)12-15)22-14(3)16-7-6-13(2)17(19)10-16;/h6-7,10,14-15H,5,8-9,11-12H2,1-4H3,(H2,20,21,22);1H. The second kappa shape index (κ2) is 10.2. The van der Waals surface area contributed by atoms with E-state index in [1.165, 1.54) is 6.42 Å². The maximum absolute atomic E-state index is 13.7. The summed E-state index contributed by atoms with van der Waals surface area (Å²) in [6.07, 6.45) is 1.21. The Morgan fingerprint density at radius 2 is 2.21 bits per heavy atom. The summed E-state index contributed by atoms with van der Waals surface area (Å²) >= 11 is 0. The molecule has 2 unspecified atom stereocenters. The van der Waals surface area contributed by atoms with Crippen molar-refractivity contribution in [2.45, 2.75) is 33.2 Å². The Morgan fingerprint density at radius 3 is 2.79 bits per heavy atom. The molecule has 2 rings (SSSR count). The lowest BCUT2D eigenvalue weighted by atomic mass is 10.1. The molecular weight excluding hydrogens is 418 g/mol. The van der Waals surface area contributed by atoms with Gasteiger partial charge in [-0.25, -0.2) is 4.39 Å². The van der Waals surface area contributed by atoms with Crippen LogP contribution in [-0.2, 0) is 0 Å². The fourth-order valence-corrected chi connectivity index (χ4v) is 2.88. The second-order valence-corrected chi connectivity index (χ2v) is 6.51. The minimum Gasteiger partial charge on any atom is -0.357 e. The zero-order chi connectivity index (χ0) is 16.8. The van der Waals surface area contributed by atoms with Gasteiger partial charge < -0.3 is 15.5 Å². The highest BCUT2D eigenvalue weighted by Crippen LogP contribution is 2.17. The van der Waals surface area contributed by atoms with Crippen molar-refractivity contribution in [3.63, 3.8) is 0 Å². The number of likely N-dealkylation sites (tertiary alicyclic amines) is 1. The number of hydrogen-bond acceptors (Lipinski definition) is 2. The lowest BCUT2D eigenvalue weighted by Crippen LogP contribution is -2.39. The largest absolute Gasteiger partial charge is 0.357 e. The first kappa shape index (κ1) is 21.2. The third kappa shape index (κ3) is 6.20. The quantitative estimate of drug-likeness (QED) is 0.413. The molecule has 2 atom stereocenters. The molecule has 1 aliphatic rings. The zero-order valence-corrected chi connectivity index (χ0v) is 17.4. The summed E-state index contributed by atoms with van der Waals surface area (Å²) in [5, 5.41) is 6.65. The van der Waals surface area contributed by atoms with Gasteiger partial charge in [0.2, 0.25) is 0 Å². The van der Waals surface area contributed by atoms with E-state index >= 15 is 0 Å². The molecule has 4 nitrogen and oxygen atoms in total. The fourth-order valence-electron chi connectivity index (χ4n) is 2.88. The number of aliphatic imine (C=N–C) groups is 1. The smallest absolute Gasteiger partial charge is 0.191 e. The molecule has 1 fully saturated rings. The number of aryl methyl sites for hydroxylation is 1. The molecule has 0 aromatic heterocycles. The average molecular weight is 448 g/mol. The third-order valence-corrected chi connectivity index (χ3v) is 4.39. The van der Waals surface area contributed by atoms with Crippen LogP contribution in [0.25, 0.3) is 0 Å². The van der Waals surface area contributed by atoms with E-state index in [2.05, 4.69) is 29.5 Å². The number of benzene rings is 1. The normalized spacial score (nSPS) is 19.7. The van der Waals surface area contributed by atoms with Crippen LogP contribution in [0.5, 0.6) is 0 Å². The summed E-state index contributed by atoms with van der Waals surface area (Å²) in [6.45, 7) is 9.77. The van der Waals surface area contributed by atoms with Gasteiger partial charge >= 0.3 is 0 Å². The summed E-state index contributed by atoms with van der Waals surface area (Å²) < 4.78 is 13.7. The first-order valence-corrected chi connectivity index (χ1v) is 8.49. The minimum atomic E-state index is -0.160. The highest BCUT2D eigenvalue weighted by molar-refractivity contribution is 14.0. The number of rotatable bonds is 5. The van der Waals surface area contributed by atoms with Crippen LogP contribution in [0, 0.1) is 18.7 Å². The maximum Gasteiger partial charge on any atom is 0.191 e. The van der Waals surface area contributed by atoms with Gasteiger partial charge in [0.25, 0.3) is 0 Å². The molecule has 24 heavy (non-hydrogen) atoms. The van der Waals surface area contributed by atoms with Crippen molar-refractivity contribution in [3.05, 3.63) is 35.1 Å². The third-order valence-electron chi connectivity index (χ3n) is 4.39. The molecular formula is C18H30FIN4. The van der Waals surface area contributed by atoms with Crippen LogP contribution in [0.15, 0.2) is 23.2 Å². The zero-order valence-electron chi connectivity index (χ0n) is 15.1. The van der Waals surface area contributed by atoms with Gasteiger partial charge in [-0.2, -0.15) is 0 Å². The summed E-state index contributed by atoms with van der Waals surface area (Å²) in [5.41, 5.74) is 1.60. The van der Waals surface area contributed by atoms with Crippen molar-refractivity contribution in [1.29, 1.82) is 0 Å². The topological polar surface area (TPSA) is 39.7 Å². The summed E-state index contributed by atoms with van der Waals surface area (Å²) in [6, 6.07) is 5.39. The molecule has 1 saturated heterocycles. The van der Waals surface area contributed by atoms with Crippen molar-refractivity contribution < 1.29 is 4.39 Å².